The molecule has 21 heavy (non-hydrogen) atoms. The van der Waals surface area contributed by atoms with Gasteiger partial charge in [-0.15, -0.1) is 11.3 Å². The number of hydrogen-bond donors (Lipinski definition) is 1. The first kappa shape index (κ1) is 15.8. The van der Waals surface area contributed by atoms with Crippen molar-refractivity contribution >= 4 is 33.8 Å². The van der Waals surface area contributed by atoms with Gasteiger partial charge in [0.25, 0.3) is 0 Å². The van der Waals surface area contributed by atoms with E-state index < -0.39 is 5.97 Å². The van der Waals surface area contributed by atoms with Gasteiger partial charge in [0.2, 0.25) is 0 Å². The summed E-state index contributed by atoms with van der Waals surface area (Å²) >= 11 is 1.25. The molecule has 6 nitrogen and oxygen atoms in total. The monoisotopic (exact) mass is 312 g/mol. The summed E-state index contributed by atoms with van der Waals surface area (Å²) in [5.41, 5.74) is 6.53. The van der Waals surface area contributed by atoms with Crippen molar-refractivity contribution in [2.45, 2.75) is 26.4 Å². The Bertz CT molecular complexity index is 555. The molecule has 2 N–H and O–H groups in total. The number of ether oxygens (including phenoxy) is 2. The van der Waals surface area contributed by atoms with E-state index in [-0.39, 0.29) is 24.2 Å². The van der Waals surface area contributed by atoms with Crippen molar-refractivity contribution in [2.24, 2.45) is 0 Å². The summed E-state index contributed by atoms with van der Waals surface area (Å²) < 4.78 is 10.4. The molecule has 0 spiro atoms. The quantitative estimate of drug-likeness (QED) is 0.661. The lowest BCUT2D eigenvalue weighted by Gasteiger charge is -2.17. The van der Waals surface area contributed by atoms with E-state index in [1.54, 1.807) is 14.0 Å². The van der Waals surface area contributed by atoms with Gasteiger partial charge in [-0.2, -0.15) is 0 Å². The van der Waals surface area contributed by atoms with E-state index in [0.29, 0.717) is 22.0 Å². The lowest BCUT2D eigenvalue weighted by atomic mass is 10.2. The molecule has 1 unspecified atom stereocenters. The Morgan fingerprint density at radius 1 is 1.48 bits per heavy atom. The molecule has 1 atom stereocenters. The number of rotatable bonds is 5. The van der Waals surface area contributed by atoms with E-state index in [2.05, 4.69) is 0 Å². The fourth-order valence-electron chi connectivity index (χ4n) is 2.42. The molecule has 2 heterocycles. The first-order valence-corrected chi connectivity index (χ1v) is 7.69. The smallest absolute Gasteiger partial charge is 0.343 e. The topological polar surface area (TPSA) is 81.9 Å². The van der Waals surface area contributed by atoms with Crippen molar-refractivity contribution in [3.05, 3.63) is 10.4 Å². The van der Waals surface area contributed by atoms with Crippen molar-refractivity contribution in [1.29, 1.82) is 0 Å². The molecule has 0 bridgehead atoms. The molecule has 0 saturated carbocycles. The van der Waals surface area contributed by atoms with Gasteiger partial charge < -0.3 is 20.1 Å². The molecular weight excluding hydrogens is 292 g/mol. The molecule has 1 aromatic heterocycles. The zero-order chi connectivity index (χ0) is 15.6. The highest BCUT2D eigenvalue weighted by molar-refractivity contribution is 7.19. The minimum absolute atomic E-state index is 0.129. The van der Waals surface area contributed by atoms with Gasteiger partial charge in [-0.05, 0) is 13.3 Å². The number of carbonyl (C=O) groups is 2. The molecule has 0 amide bonds. The normalized spacial score (nSPS) is 18.0. The highest BCUT2D eigenvalue weighted by Crippen LogP contribution is 2.40. The molecule has 1 saturated heterocycles. The van der Waals surface area contributed by atoms with Crippen LogP contribution >= 0.6 is 11.3 Å². The molecule has 1 aliphatic rings. The number of Topliss-reactive ketones (excluding diaryl/α,β-unsaturated/α-hetero) is 1. The van der Waals surface area contributed by atoms with E-state index in [1.165, 1.54) is 18.3 Å². The van der Waals surface area contributed by atoms with Crippen LogP contribution in [0.2, 0.25) is 0 Å². The summed E-state index contributed by atoms with van der Waals surface area (Å²) in [4.78, 5) is 26.3. The van der Waals surface area contributed by atoms with E-state index >= 15 is 0 Å². The standard InChI is InChI=1S/C14H20N2O4S/c1-4-20-14(18)10-11(15)12(8(2)17)21-13(10)16-6-5-9(7-16)19-3/h9H,4-7,15H2,1-3H3. The van der Waals surface area contributed by atoms with Gasteiger partial charge in [0.05, 0.1) is 23.3 Å². The Kier molecular flexibility index (Phi) is 4.84. The highest BCUT2D eigenvalue weighted by atomic mass is 32.1. The van der Waals surface area contributed by atoms with E-state index in [0.717, 1.165) is 13.0 Å². The number of carbonyl (C=O) groups excluding carboxylic acids is 2. The molecule has 1 aromatic rings. The van der Waals surface area contributed by atoms with Crippen LogP contribution in [0.15, 0.2) is 0 Å². The summed E-state index contributed by atoms with van der Waals surface area (Å²) in [5, 5.41) is 0.704. The predicted molar refractivity (Wildman–Crippen MR) is 82.3 cm³/mol. The molecule has 1 aliphatic heterocycles. The van der Waals surface area contributed by atoms with Gasteiger partial charge in [0.15, 0.2) is 5.78 Å². The maximum absolute atomic E-state index is 12.2. The number of ketones is 1. The second kappa shape index (κ2) is 6.44. The van der Waals surface area contributed by atoms with Crippen molar-refractivity contribution in [2.75, 3.05) is 37.4 Å². The van der Waals surface area contributed by atoms with Crippen LogP contribution in [0, 0.1) is 0 Å². The summed E-state index contributed by atoms with van der Waals surface area (Å²) in [7, 11) is 1.67. The average molecular weight is 312 g/mol. The molecule has 1 fully saturated rings. The summed E-state index contributed by atoms with van der Waals surface area (Å²) in [6.07, 6.45) is 1.01. The predicted octanol–water partition coefficient (Wildman–Crippen LogP) is 1.93. The van der Waals surface area contributed by atoms with Crippen LogP contribution in [0.1, 0.15) is 40.3 Å². The van der Waals surface area contributed by atoms with E-state index in [4.69, 9.17) is 15.2 Å². The van der Waals surface area contributed by atoms with Crippen molar-refractivity contribution in [3.8, 4) is 0 Å². The second-order valence-corrected chi connectivity index (χ2v) is 5.89. The summed E-state index contributed by atoms with van der Waals surface area (Å²) in [6, 6.07) is 0. The summed E-state index contributed by atoms with van der Waals surface area (Å²) in [6.45, 7) is 4.90. The van der Waals surface area contributed by atoms with E-state index in [1.807, 2.05) is 4.90 Å². The van der Waals surface area contributed by atoms with Crippen LogP contribution in [0.4, 0.5) is 10.7 Å². The summed E-state index contributed by atoms with van der Waals surface area (Å²) in [5.74, 6) is -0.619. The molecular formula is C14H20N2O4S. The number of anilines is 2. The third kappa shape index (κ3) is 3.03. The Balaban J connectivity index is 2.41. The fraction of sp³-hybridized carbons (Fsp3) is 0.571. The van der Waals surface area contributed by atoms with Gasteiger partial charge in [0.1, 0.15) is 10.6 Å². The van der Waals surface area contributed by atoms with Crippen molar-refractivity contribution in [1.82, 2.24) is 0 Å². The number of nitrogens with zero attached hydrogens (tertiary/aromatic N) is 1. The maximum atomic E-state index is 12.2. The number of methoxy groups -OCH3 is 1. The molecule has 116 valence electrons. The first-order chi connectivity index (χ1) is 9.99. The zero-order valence-corrected chi connectivity index (χ0v) is 13.3. The number of nitrogen functional groups attached to an aromatic ring is 1. The number of hydrogen-bond acceptors (Lipinski definition) is 7. The van der Waals surface area contributed by atoms with Crippen LogP contribution in [-0.2, 0) is 9.47 Å². The van der Waals surface area contributed by atoms with Gasteiger partial charge >= 0.3 is 5.97 Å². The Morgan fingerprint density at radius 3 is 2.71 bits per heavy atom. The van der Waals surface area contributed by atoms with Crippen molar-refractivity contribution < 1.29 is 19.1 Å². The van der Waals surface area contributed by atoms with Gasteiger partial charge in [-0.1, -0.05) is 0 Å². The van der Waals surface area contributed by atoms with Crippen molar-refractivity contribution in [3.63, 3.8) is 0 Å². The molecule has 0 aromatic carbocycles. The minimum Gasteiger partial charge on any atom is -0.462 e. The second-order valence-electron chi connectivity index (χ2n) is 4.89. The minimum atomic E-state index is -0.477. The Labute approximate surface area is 127 Å². The van der Waals surface area contributed by atoms with Crippen LogP contribution in [0.3, 0.4) is 0 Å². The third-order valence-electron chi connectivity index (χ3n) is 3.49. The fourth-order valence-corrected chi connectivity index (χ4v) is 3.56. The van der Waals surface area contributed by atoms with Gasteiger partial charge in [-0.25, -0.2) is 4.79 Å². The van der Waals surface area contributed by atoms with Crippen LogP contribution in [-0.4, -0.2) is 44.7 Å². The number of thiophene rings is 1. The van der Waals surface area contributed by atoms with Crippen LogP contribution < -0.4 is 10.6 Å². The SMILES string of the molecule is CCOC(=O)c1c(N2CCC(OC)C2)sc(C(C)=O)c1N. The van der Waals surface area contributed by atoms with Crippen LogP contribution in [0.5, 0.6) is 0 Å². The largest absolute Gasteiger partial charge is 0.462 e. The molecule has 0 aliphatic carbocycles. The first-order valence-electron chi connectivity index (χ1n) is 6.87. The Morgan fingerprint density at radius 2 is 2.19 bits per heavy atom. The van der Waals surface area contributed by atoms with Gasteiger partial charge in [0, 0.05) is 27.1 Å². The highest BCUT2D eigenvalue weighted by Gasteiger charge is 2.31. The Hall–Kier alpha value is -1.60. The average Bonchev–Trinajstić information content (AvgIpc) is 3.02. The lowest BCUT2D eigenvalue weighted by molar-refractivity contribution is 0.0528. The number of esters is 1. The van der Waals surface area contributed by atoms with E-state index in [9.17, 15) is 9.59 Å². The number of nitrogens with two attached hydrogens (primary N) is 1. The maximum Gasteiger partial charge on any atom is 0.343 e. The van der Waals surface area contributed by atoms with Gasteiger partial charge in [-0.3, -0.25) is 4.79 Å². The molecule has 2 rings (SSSR count). The lowest BCUT2D eigenvalue weighted by Crippen LogP contribution is -2.23. The third-order valence-corrected chi connectivity index (χ3v) is 4.86. The molecule has 0 radical (unpaired) electrons. The zero-order valence-electron chi connectivity index (χ0n) is 12.5. The van der Waals surface area contributed by atoms with Crippen LogP contribution in [0.25, 0.3) is 0 Å². The molecule has 7 heteroatoms.